The van der Waals surface area contributed by atoms with Gasteiger partial charge < -0.3 is 14.6 Å². The van der Waals surface area contributed by atoms with Crippen LogP contribution in [0.4, 0.5) is 18.0 Å². The summed E-state index contributed by atoms with van der Waals surface area (Å²) in [4.78, 5) is 25.4. The lowest BCUT2D eigenvalue weighted by atomic mass is 9.99. The molecule has 0 aromatic heterocycles. The molecule has 1 heterocycles. The number of carboxylic acid groups (broad SMARTS) is 1. The van der Waals surface area contributed by atoms with Crippen molar-refractivity contribution in [1.29, 1.82) is 0 Å². The van der Waals surface area contributed by atoms with Crippen LogP contribution in [0, 0.1) is 0 Å². The van der Waals surface area contributed by atoms with Gasteiger partial charge in [0.2, 0.25) is 0 Å². The summed E-state index contributed by atoms with van der Waals surface area (Å²) in [6, 6.07) is 17.3. The quantitative estimate of drug-likeness (QED) is 0.433. The van der Waals surface area contributed by atoms with Crippen LogP contribution in [0.3, 0.4) is 0 Å². The Morgan fingerprint density at radius 2 is 1.75 bits per heavy atom. The highest BCUT2D eigenvalue weighted by molar-refractivity contribution is 5.73. The first kappa shape index (κ1) is 25.1. The average Bonchev–Trinajstić information content (AvgIpc) is 2.85. The van der Waals surface area contributed by atoms with Gasteiger partial charge >= 0.3 is 18.2 Å². The van der Waals surface area contributed by atoms with Crippen molar-refractivity contribution in [3.05, 3.63) is 89.0 Å². The van der Waals surface area contributed by atoms with Crippen LogP contribution in [0.2, 0.25) is 0 Å². The number of carbonyl (C=O) groups excluding carboxylic acids is 1. The first-order chi connectivity index (χ1) is 17.1. The summed E-state index contributed by atoms with van der Waals surface area (Å²) < 4.78 is 49.7. The number of hydrogen-bond donors (Lipinski definition) is 1. The van der Waals surface area contributed by atoms with Crippen molar-refractivity contribution in [2.75, 3.05) is 0 Å². The molecule has 0 fully saturated rings. The molecule has 1 aliphatic rings. The number of amides is 1. The minimum absolute atomic E-state index is 0.0847. The molecule has 1 N–H and O–H groups in total. The summed E-state index contributed by atoms with van der Waals surface area (Å²) in [6.45, 7) is 1.92. The second kappa shape index (κ2) is 10.3. The number of aliphatic carboxylic acids is 1. The lowest BCUT2D eigenvalue weighted by Gasteiger charge is -2.36. The Hall–Kier alpha value is -4.01. The molecule has 1 unspecified atom stereocenters. The lowest BCUT2D eigenvalue weighted by Crippen LogP contribution is -2.46. The molecule has 4 rings (SSSR count). The number of alkyl halides is 3. The van der Waals surface area contributed by atoms with E-state index >= 15 is 0 Å². The van der Waals surface area contributed by atoms with Gasteiger partial charge in [0.1, 0.15) is 12.4 Å². The monoisotopic (exact) mass is 499 g/mol. The molecule has 1 aliphatic heterocycles. The minimum atomic E-state index is -4.43. The van der Waals surface area contributed by atoms with E-state index in [1.165, 1.54) is 17.0 Å². The molecule has 188 valence electrons. The Bertz CT molecular complexity index is 1260. The van der Waals surface area contributed by atoms with Gasteiger partial charge in [0.25, 0.3) is 0 Å². The molecular formula is C27H24F3NO5. The Balaban J connectivity index is 1.48. The van der Waals surface area contributed by atoms with Gasteiger partial charge in [-0.25, -0.2) is 4.79 Å². The molecule has 0 radical (unpaired) electrons. The van der Waals surface area contributed by atoms with Crippen LogP contribution in [0.5, 0.6) is 5.75 Å². The molecule has 0 saturated carbocycles. The van der Waals surface area contributed by atoms with Gasteiger partial charge in [-0.15, -0.1) is 0 Å². The van der Waals surface area contributed by atoms with Crippen molar-refractivity contribution in [1.82, 2.24) is 4.90 Å². The molecule has 6 nitrogen and oxygen atoms in total. The molecule has 9 heteroatoms. The molecule has 0 saturated heterocycles. The zero-order valence-electron chi connectivity index (χ0n) is 19.4. The van der Waals surface area contributed by atoms with Crippen molar-refractivity contribution in [3.8, 4) is 16.9 Å². The van der Waals surface area contributed by atoms with Gasteiger partial charge in [-0.05, 0) is 46.5 Å². The van der Waals surface area contributed by atoms with Crippen LogP contribution < -0.4 is 4.74 Å². The van der Waals surface area contributed by atoms with Gasteiger partial charge in [-0.3, -0.25) is 9.69 Å². The number of halogens is 3. The lowest BCUT2D eigenvalue weighted by molar-refractivity contribution is -0.138. The SMILES string of the molecule is CCC1Oc2ccc(-c3cccc(CC(=O)O)c3)cc2CN1C(=O)OCc1ccc(C(F)(F)F)cc1. The van der Waals surface area contributed by atoms with Crippen LogP contribution in [-0.2, 0) is 35.3 Å². The topological polar surface area (TPSA) is 76.1 Å². The van der Waals surface area contributed by atoms with E-state index in [4.69, 9.17) is 14.6 Å². The third-order valence-corrected chi connectivity index (χ3v) is 5.85. The maximum Gasteiger partial charge on any atom is 0.416 e. The van der Waals surface area contributed by atoms with Crippen molar-refractivity contribution >= 4 is 12.1 Å². The minimum Gasteiger partial charge on any atom is -0.481 e. The third-order valence-electron chi connectivity index (χ3n) is 5.85. The van der Waals surface area contributed by atoms with E-state index in [0.717, 1.165) is 28.8 Å². The number of carbonyl (C=O) groups is 2. The first-order valence-electron chi connectivity index (χ1n) is 11.3. The van der Waals surface area contributed by atoms with E-state index in [1.54, 1.807) is 12.1 Å². The molecule has 36 heavy (non-hydrogen) atoms. The molecule has 0 bridgehead atoms. The Kier molecular flexibility index (Phi) is 7.19. The second-order valence-electron chi connectivity index (χ2n) is 8.45. The largest absolute Gasteiger partial charge is 0.481 e. The third kappa shape index (κ3) is 5.79. The van der Waals surface area contributed by atoms with Crippen LogP contribution in [0.15, 0.2) is 66.7 Å². The molecule has 3 aromatic rings. The summed E-state index contributed by atoms with van der Waals surface area (Å²) in [7, 11) is 0. The van der Waals surface area contributed by atoms with Gasteiger partial charge in [0.15, 0.2) is 6.23 Å². The van der Waals surface area contributed by atoms with Crippen LogP contribution in [0.1, 0.15) is 35.6 Å². The zero-order chi connectivity index (χ0) is 25.9. The smallest absolute Gasteiger partial charge is 0.416 e. The second-order valence-corrected chi connectivity index (χ2v) is 8.45. The van der Waals surface area contributed by atoms with Crippen LogP contribution in [0.25, 0.3) is 11.1 Å². The highest BCUT2D eigenvalue weighted by Gasteiger charge is 2.32. The molecule has 3 aromatic carbocycles. The Morgan fingerprint density at radius 1 is 1.03 bits per heavy atom. The van der Waals surface area contributed by atoms with E-state index < -0.39 is 30.0 Å². The van der Waals surface area contributed by atoms with E-state index in [1.807, 2.05) is 37.3 Å². The normalized spacial score (nSPS) is 15.1. The first-order valence-corrected chi connectivity index (χ1v) is 11.3. The maximum absolute atomic E-state index is 12.9. The molecular weight excluding hydrogens is 475 g/mol. The van der Waals surface area contributed by atoms with E-state index in [2.05, 4.69) is 0 Å². The van der Waals surface area contributed by atoms with E-state index in [0.29, 0.717) is 23.3 Å². The highest BCUT2D eigenvalue weighted by Crippen LogP contribution is 2.34. The van der Waals surface area contributed by atoms with Gasteiger partial charge in [0.05, 0.1) is 18.5 Å². The van der Waals surface area contributed by atoms with Crippen molar-refractivity contribution in [3.63, 3.8) is 0 Å². The number of carboxylic acids is 1. The van der Waals surface area contributed by atoms with Gasteiger partial charge in [0, 0.05) is 12.0 Å². The van der Waals surface area contributed by atoms with Crippen molar-refractivity contribution < 1.29 is 37.3 Å². The fourth-order valence-corrected chi connectivity index (χ4v) is 4.03. The number of fused-ring (bicyclic) bond motifs is 1. The molecule has 1 atom stereocenters. The maximum atomic E-state index is 12.9. The fourth-order valence-electron chi connectivity index (χ4n) is 4.03. The fraction of sp³-hybridized carbons (Fsp3) is 0.259. The van der Waals surface area contributed by atoms with Crippen LogP contribution in [-0.4, -0.2) is 28.3 Å². The molecule has 0 aliphatic carbocycles. The summed E-state index contributed by atoms with van der Waals surface area (Å²) in [5.74, 6) is -0.277. The zero-order valence-corrected chi connectivity index (χ0v) is 19.4. The number of nitrogens with zero attached hydrogens (tertiary/aromatic N) is 1. The average molecular weight is 499 g/mol. The standard InChI is InChI=1S/C27H24F3NO5/c1-2-24-31(26(34)35-16-17-6-9-22(10-7-17)27(28,29)30)15-21-14-20(8-11-23(21)36-24)19-5-3-4-18(12-19)13-25(32)33/h3-12,14,24H,2,13,15-16H2,1H3,(H,32,33). The Morgan fingerprint density at radius 3 is 2.42 bits per heavy atom. The molecule has 0 spiro atoms. The summed E-state index contributed by atoms with van der Waals surface area (Å²) >= 11 is 0. The molecule has 1 amide bonds. The van der Waals surface area contributed by atoms with Gasteiger partial charge in [-0.2, -0.15) is 13.2 Å². The number of rotatable bonds is 6. The Labute approximate surface area is 205 Å². The van der Waals surface area contributed by atoms with E-state index in [-0.39, 0.29) is 19.6 Å². The number of ether oxygens (including phenoxy) is 2. The van der Waals surface area contributed by atoms with Crippen molar-refractivity contribution in [2.45, 2.75) is 45.3 Å². The predicted octanol–water partition coefficient (Wildman–Crippen LogP) is 6.27. The predicted molar refractivity (Wildman–Crippen MR) is 125 cm³/mol. The summed E-state index contributed by atoms with van der Waals surface area (Å²) in [6.07, 6.45) is -5.20. The highest BCUT2D eigenvalue weighted by atomic mass is 19.4. The summed E-state index contributed by atoms with van der Waals surface area (Å²) in [5.41, 5.74) is 2.78. The summed E-state index contributed by atoms with van der Waals surface area (Å²) in [5, 5.41) is 9.07. The number of benzene rings is 3. The number of hydrogen-bond acceptors (Lipinski definition) is 4. The van der Waals surface area contributed by atoms with Crippen molar-refractivity contribution in [2.24, 2.45) is 0 Å². The van der Waals surface area contributed by atoms with Gasteiger partial charge in [-0.1, -0.05) is 49.4 Å². The van der Waals surface area contributed by atoms with Crippen LogP contribution >= 0.6 is 0 Å². The van der Waals surface area contributed by atoms with E-state index in [9.17, 15) is 22.8 Å².